The number of nitrogens with zero attached hydrogens (tertiary/aromatic N) is 2. The predicted molar refractivity (Wildman–Crippen MR) is 127 cm³/mol. The van der Waals surface area contributed by atoms with E-state index in [1.54, 1.807) is 12.1 Å². The van der Waals surface area contributed by atoms with E-state index >= 15 is 0 Å². The van der Waals surface area contributed by atoms with E-state index in [-0.39, 0.29) is 11.8 Å². The molecule has 1 atom stereocenters. The Labute approximate surface area is 207 Å². The Morgan fingerprint density at radius 2 is 1.61 bits per heavy atom. The summed E-state index contributed by atoms with van der Waals surface area (Å²) < 4.78 is 40.1. The predicted octanol–water partition coefficient (Wildman–Crippen LogP) is 4.41. The van der Waals surface area contributed by atoms with Crippen molar-refractivity contribution in [3.8, 4) is 0 Å². The highest BCUT2D eigenvalue weighted by molar-refractivity contribution is 6.27. The zero-order valence-electron chi connectivity index (χ0n) is 19.7. The zero-order chi connectivity index (χ0) is 26.3. The number of carbonyl (C=O) groups excluding carboxylic acids is 1. The van der Waals surface area contributed by atoms with Crippen molar-refractivity contribution in [2.75, 3.05) is 31.1 Å². The van der Waals surface area contributed by atoms with E-state index in [1.807, 2.05) is 23.1 Å². The standard InChI is InChI=1S/C24H27F3N2O.C2H2O4/c25-24(26,27)21-9-3-2-8-20(21)19-13-16-28(17-19)15-12-18-7-1-4-10-22(18)29-14-6-5-11-23(29)30;3-1(4)2(5)6/h1-4,7-10,19H,5-6,11-17H2;(H,3,4)(H,5,6). The zero-order valence-corrected chi connectivity index (χ0v) is 19.7. The molecule has 2 aliphatic rings. The van der Waals surface area contributed by atoms with Gasteiger partial charge in [0, 0.05) is 31.7 Å². The number of halogens is 3. The maximum absolute atomic E-state index is 13.4. The number of alkyl halides is 3. The van der Waals surface area contributed by atoms with Crippen molar-refractivity contribution < 1.29 is 37.8 Å². The number of anilines is 1. The quantitative estimate of drug-likeness (QED) is 0.583. The summed E-state index contributed by atoms with van der Waals surface area (Å²) in [6.07, 6.45) is -0.226. The minimum absolute atomic E-state index is 0.0956. The first-order valence-corrected chi connectivity index (χ1v) is 11.8. The molecule has 0 aliphatic carbocycles. The number of aliphatic carboxylic acids is 2. The Hall–Kier alpha value is -3.40. The van der Waals surface area contributed by atoms with Crippen LogP contribution in [-0.2, 0) is 27.0 Å². The van der Waals surface area contributed by atoms with Gasteiger partial charge in [0.25, 0.3) is 0 Å². The van der Waals surface area contributed by atoms with Gasteiger partial charge in [-0.2, -0.15) is 13.2 Å². The third kappa shape index (κ3) is 7.07. The van der Waals surface area contributed by atoms with Crippen LogP contribution in [0.4, 0.5) is 18.9 Å². The van der Waals surface area contributed by atoms with Crippen LogP contribution in [0.25, 0.3) is 0 Å². The summed E-state index contributed by atoms with van der Waals surface area (Å²) in [6.45, 7) is 2.97. The highest BCUT2D eigenvalue weighted by Crippen LogP contribution is 2.38. The second kappa shape index (κ2) is 12.0. The van der Waals surface area contributed by atoms with E-state index in [1.165, 1.54) is 12.1 Å². The van der Waals surface area contributed by atoms with E-state index in [0.29, 0.717) is 18.5 Å². The van der Waals surface area contributed by atoms with Gasteiger partial charge in [0.1, 0.15) is 0 Å². The third-order valence-corrected chi connectivity index (χ3v) is 6.46. The van der Waals surface area contributed by atoms with E-state index in [0.717, 1.165) is 56.6 Å². The second-order valence-electron chi connectivity index (χ2n) is 8.86. The van der Waals surface area contributed by atoms with Gasteiger partial charge in [0.15, 0.2) is 0 Å². The Morgan fingerprint density at radius 1 is 0.944 bits per heavy atom. The molecule has 194 valence electrons. The van der Waals surface area contributed by atoms with Crippen LogP contribution < -0.4 is 4.90 Å². The SMILES string of the molecule is O=C(O)C(=O)O.O=C1CCCCN1c1ccccc1CCN1CCC(c2ccccc2C(F)(F)F)C1. The number of carbonyl (C=O) groups is 3. The monoisotopic (exact) mass is 506 g/mol. The molecule has 7 nitrogen and oxygen atoms in total. The first-order chi connectivity index (χ1) is 17.1. The molecule has 2 aliphatic heterocycles. The van der Waals surface area contributed by atoms with Gasteiger partial charge in [-0.1, -0.05) is 36.4 Å². The molecule has 0 radical (unpaired) electrons. The number of likely N-dealkylation sites (tertiary alicyclic amines) is 1. The minimum Gasteiger partial charge on any atom is -0.473 e. The van der Waals surface area contributed by atoms with Crippen molar-refractivity contribution in [2.45, 2.75) is 44.2 Å². The highest BCUT2D eigenvalue weighted by atomic mass is 19.4. The number of para-hydroxylation sites is 1. The summed E-state index contributed by atoms with van der Waals surface area (Å²) >= 11 is 0. The van der Waals surface area contributed by atoms with Crippen LogP contribution >= 0.6 is 0 Å². The van der Waals surface area contributed by atoms with Gasteiger partial charge in [0.05, 0.1) is 5.56 Å². The molecule has 1 amide bonds. The lowest BCUT2D eigenvalue weighted by Crippen LogP contribution is -2.36. The van der Waals surface area contributed by atoms with Crippen molar-refractivity contribution in [1.82, 2.24) is 4.90 Å². The summed E-state index contributed by atoms with van der Waals surface area (Å²) in [4.78, 5) is 34.7. The summed E-state index contributed by atoms with van der Waals surface area (Å²) in [5, 5.41) is 14.8. The molecular weight excluding hydrogens is 477 g/mol. The molecule has 2 aromatic rings. The smallest absolute Gasteiger partial charge is 0.416 e. The molecule has 10 heteroatoms. The Balaban J connectivity index is 0.000000538. The topological polar surface area (TPSA) is 98.1 Å². The maximum Gasteiger partial charge on any atom is 0.416 e. The molecule has 0 bridgehead atoms. The molecule has 2 aromatic carbocycles. The minimum atomic E-state index is -4.32. The average molecular weight is 507 g/mol. The molecule has 2 N–H and O–H groups in total. The summed E-state index contributed by atoms with van der Waals surface area (Å²) in [7, 11) is 0. The number of benzene rings is 2. The van der Waals surface area contributed by atoms with Crippen LogP contribution in [0.1, 0.15) is 48.3 Å². The lowest BCUT2D eigenvalue weighted by Gasteiger charge is -2.29. The highest BCUT2D eigenvalue weighted by Gasteiger charge is 2.36. The van der Waals surface area contributed by atoms with Crippen LogP contribution in [0.3, 0.4) is 0 Å². The van der Waals surface area contributed by atoms with Gasteiger partial charge in [-0.15, -0.1) is 0 Å². The van der Waals surface area contributed by atoms with Gasteiger partial charge >= 0.3 is 18.1 Å². The number of amides is 1. The number of hydrogen-bond acceptors (Lipinski definition) is 4. The average Bonchev–Trinajstić information content (AvgIpc) is 3.32. The molecule has 1 unspecified atom stereocenters. The van der Waals surface area contributed by atoms with Gasteiger partial charge in [-0.05, 0) is 61.4 Å². The Morgan fingerprint density at radius 3 is 2.28 bits per heavy atom. The van der Waals surface area contributed by atoms with Gasteiger partial charge < -0.3 is 20.0 Å². The number of rotatable bonds is 5. The van der Waals surface area contributed by atoms with Crippen LogP contribution in [0.5, 0.6) is 0 Å². The van der Waals surface area contributed by atoms with E-state index < -0.39 is 23.7 Å². The lowest BCUT2D eigenvalue weighted by molar-refractivity contribution is -0.159. The van der Waals surface area contributed by atoms with Crippen molar-refractivity contribution in [3.05, 3.63) is 65.2 Å². The fourth-order valence-electron chi connectivity index (χ4n) is 4.73. The van der Waals surface area contributed by atoms with Crippen LogP contribution in [0.15, 0.2) is 48.5 Å². The largest absolute Gasteiger partial charge is 0.473 e. The van der Waals surface area contributed by atoms with Gasteiger partial charge in [0.2, 0.25) is 5.91 Å². The Kier molecular flexibility index (Phi) is 9.08. The number of piperidine rings is 1. The molecule has 2 fully saturated rings. The molecule has 0 spiro atoms. The second-order valence-corrected chi connectivity index (χ2v) is 8.86. The van der Waals surface area contributed by atoms with E-state index in [9.17, 15) is 18.0 Å². The number of carboxylic acids is 2. The van der Waals surface area contributed by atoms with Crippen LogP contribution in [-0.4, -0.2) is 59.1 Å². The normalized spacial score (nSPS) is 18.5. The first kappa shape index (κ1) is 27.2. The first-order valence-electron chi connectivity index (χ1n) is 11.8. The van der Waals surface area contributed by atoms with Crippen molar-refractivity contribution >= 4 is 23.5 Å². The maximum atomic E-state index is 13.4. The summed E-state index contributed by atoms with van der Waals surface area (Å²) in [5.41, 5.74) is 2.02. The van der Waals surface area contributed by atoms with Crippen molar-refractivity contribution in [1.29, 1.82) is 0 Å². The summed E-state index contributed by atoms with van der Waals surface area (Å²) in [6, 6.07) is 14.0. The Bertz CT molecular complexity index is 1080. The number of carboxylic acid groups (broad SMARTS) is 2. The molecule has 2 saturated heterocycles. The molecular formula is C26H29F3N2O5. The van der Waals surface area contributed by atoms with Crippen LogP contribution in [0.2, 0.25) is 0 Å². The molecule has 0 saturated carbocycles. The molecule has 2 heterocycles. The van der Waals surface area contributed by atoms with E-state index in [2.05, 4.69) is 11.0 Å². The molecule has 0 aromatic heterocycles. The van der Waals surface area contributed by atoms with Crippen molar-refractivity contribution in [2.24, 2.45) is 0 Å². The van der Waals surface area contributed by atoms with Gasteiger partial charge in [-0.25, -0.2) is 9.59 Å². The molecule has 4 rings (SSSR count). The number of hydrogen-bond donors (Lipinski definition) is 2. The lowest BCUT2D eigenvalue weighted by atomic mass is 9.93. The fraction of sp³-hybridized carbons (Fsp3) is 0.423. The third-order valence-electron chi connectivity index (χ3n) is 6.46. The molecule has 36 heavy (non-hydrogen) atoms. The van der Waals surface area contributed by atoms with Crippen LogP contribution in [0, 0.1) is 0 Å². The van der Waals surface area contributed by atoms with E-state index in [4.69, 9.17) is 19.8 Å². The van der Waals surface area contributed by atoms with Crippen molar-refractivity contribution in [3.63, 3.8) is 0 Å². The van der Waals surface area contributed by atoms with Gasteiger partial charge in [-0.3, -0.25) is 4.79 Å². The fourth-order valence-corrected chi connectivity index (χ4v) is 4.73. The summed E-state index contributed by atoms with van der Waals surface area (Å²) in [5.74, 6) is -3.56.